The van der Waals surface area contributed by atoms with Gasteiger partial charge in [-0.05, 0) is 281 Å². The lowest BCUT2D eigenvalue weighted by Gasteiger charge is -2.26. The summed E-state index contributed by atoms with van der Waals surface area (Å²) in [6.45, 7) is 42.3. The molecule has 0 heterocycles. The van der Waals surface area contributed by atoms with E-state index >= 15 is 0 Å². The highest BCUT2D eigenvalue weighted by atomic mass is 32.2. The van der Waals surface area contributed by atoms with Gasteiger partial charge in [-0.25, -0.2) is 8.42 Å². The number of hydrogen-bond acceptors (Lipinski definition) is 4. The Hall–Kier alpha value is -12.4. The van der Waals surface area contributed by atoms with Crippen molar-refractivity contribution in [2.45, 2.75) is 170 Å². The van der Waals surface area contributed by atoms with Gasteiger partial charge in [-0.15, -0.1) is 0 Å². The molecule has 0 N–H and O–H groups in total. The van der Waals surface area contributed by atoms with E-state index in [-0.39, 0.29) is 5.41 Å². The second kappa shape index (κ2) is 46.6. The number of rotatable bonds is 10. The van der Waals surface area contributed by atoms with Gasteiger partial charge in [0.25, 0.3) is 0 Å². The average molecular weight is 1650 g/mol. The third-order valence-electron chi connectivity index (χ3n) is 21.5. The van der Waals surface area contributed by atoms with E-state index in [9.17, 15) is 8.42 Å². The van der Waals surface area contributed by atoms with Crippen LogP contribution in [-0.2, 0) is 21.7 Å². The minimum absolute atomic E-state index is 0.0708. The fraction of sp³-hybridized carbons (Fsp3) is 0.186. The van der Waals surface area contributed by atoms with Crippen molar-refractivity contribution in [2.24, 2.45) is 0 Å². The number of fused-ring (bicyclic) bond motifs is 3. The molecule has 0 aliphatic heterocycles. The second-order valence-corrected chi connectivity index (χ2v) is 36.2. The predicted octanol–water partition coefficient (Wildman–Crippen LogP) is 32.9. The molecule has 0 aliphatic rings. The minimum atomic E-state index is -3.37. The summed E-state index contributed by atoms with van der Waals surface area (Å²) in [5, 5.41) is 8.16. The number of benzene rings is 17. The van der Waals surface area contributed by atoms with E-state index in [0.717, 1.165) is 29.0 Å². The first-order chi connectivity index (χ1) is 58.8. The van der Waals surface area contributed by atoms with E-state index in [4.69, 9.17) is 4.74 Å². The monoisotopic (exact) mass is 1650 g/mol. The Kier molecular flexibility index (Phi) is 35.8. The molecule has 0 amide bonds. The first-order valence-corrected chi connectivity index (χ1v) is 44.8. The Morgan fingerprint density at radius 2 is 0.472 bits per heavy atom. The lowest BCUT2D eigenvalue weighted by molar-refractivity contribution is 0.482. The Balaban J connectivity index is 0.000000158. The van der Waals surface area contributed by atoms with Crippen LogP contribution in [0.3, 0.4) is 0 Å². The first kappa shape index (κ1) is 94.5. The van der Waals surface area contributed by atoms with Crippen molar-refractivity contribution in [3.8, 4) is 11.5 Å². The molecule has 0 radical (unpaired) electrons. The summed E-state index contributed by atoms with van der Waals surface area (Å²) in [7, 11) is -3.37. The lowest BCUT2D eigenvalue weighted by Crippen LogP contribution is -2.18. The maximum absolute atomic E-state index is 12.3. The highest BCUT2D eigenvalue weighted by Gasteiger charge is 2.23. The number of ether oxygens (including phenoxy) is 1. The molecule has 123 heavy (non-hydrogen) atoms. The van der Waals surface area contributed by atoms with Gasteiger partial charge in [0.05, 0.1) is 9.79 Å². The first-order valence-electron chi connectivity index (χ1n) is 42.5. The standard InChI is InChI=1S/C17H20.C15H16.C14H14O2S.C14H14O.C14H14S.3C12H12.C8H10/c1-13-5-9-15(10-6-13)17(3,4)16-11-7-14(2)8-12-16;1-12-3-7-14(8-4-12)11-15-9-5-13(2)6-10-15;1-11-3-7-13(8-4-11)17(15,16)14-9-5-12(2)6-10-14;2*1-11-3-7-13(8-4-11)15-14-9-5-12(2)6-10-14;1-9-3-5-11-6-4-10(2)8-12(11)7-9;1-9-5-3-8-12-10(2)6-4-7-11(9)12;1-9-7-8-10(2)12-6-4-3-5-11(9)12;1-7-3-5-8(2)6-4-7/h5-12H,1-4H3;3-10H,11H2,1-2H3;3-10H,1-2H3;2*3-10H,1-2H3;3*3-8H,1-2H3;3-6H,1-2H3. The topological polar surface area (TPSA) is 43.4 Å². The maximum atomic E-state index is 12.3. The molecule has 0 spiro atoms. The molecule has 17 rings (SSSR count). The highest BCUT2D eigenvalue weighted by Crippen LogP contribution is 2.33. The van der Waals surface area contributed by atoms with Crippen LogP contribution in [0.15, 0.2) is 396 Å². The van der Waals surface area contributed by atoms with Crippen LogP contribution in [-0.4, -0.2) is 8.42 Å². The summed E-state index contributed by atoms with van der Waals surface area (Å²) in [4.78, 5) is 3.27. The maximum Gasteiger partial charge on any atom is 0.206 e. The van der Waals surface area contributed by atoms with Gasteiger partial charge >= 0.3 is 0 Å². The van der Waals surface area contributed by atoms with E-state index in [2.05, 4.69) is 404 Å². The van der Waals surface area contributed by atoms with Crippen LogP contribution < -0.4 is 4.74 Å². The summed E-state index contributed by atoms with van der Waals surface area (Å²) >= 11 is 1.80. The smallest absolute Gasteiger partial charge is 0.206 e. The zero-order chi connectivity index (χ0) is 88.6. The largest absolute Gasteiger partial charge is 0.457 e. The van der Waals surface area contributed by atoms with Crippen LogP contribution in [0.1, 0.15) is 136 Å². The van der Waals surface area contributed by atoms with Crippen LogP contribution >= 0.6 is 11.8 Å². The molecule has 17 aromatic rings. The van der Waals surface area contributed by atoms with Crippen molar-refractivity contribution in [1.29, 1.82) is 0 Å². The molecule has 0 aliphatic carbocycles. The van der Waals surface area contributed by atoms with Gasteiger partial charge in [0.1, 0.15) is 11.5 Å². The fourth-order valence-electron chi connectivity index (χ4n) is 13.4. The van der Waals surface area contributed by atoms with Crippen molar-refractivity contribution in [3.63, 3.8) is 0 Å². The third-order valence-corrected chi connectivity index (χ3v) is 24.3. The molecule has 0 unspecified atom stereocenters. The van der Waals surface area contributed by atoms with E-state index in [1.165, 1.54) is 153 Å². The van der Waals surface area contributed by atoms with Crippen molar-refractivity contribution in [2.75, 3.05) is 0 Å². The van der Waals surface area contributed by atoms with Crippen LogP contribution in [0.5, 0.6) is 11.5 Å². The van der Waals surface area contributed by atoms with E-state index in [0.29, 0.717) is 9.79 Å². The van der Waals surface area contributed by atoms with E-state index in [1.54, 1.807) is 60.3 Å². The number of hydrogen-bond donors (Lipinski definition) is 0. The van der Waals surface area contributed by atoms with E-state index < -0.39 is 9.84 Å². The molecule has 0 atom stereocenters. The normalized spacial score (nSPS) is 10.6. The Bertz CT molecular complexity index is 5590. The Morgan fingerprint density at radius 3 is 0.772 bits per heavy atom. The molecule has 0 aromatic heterocycles. The van der Waals surface area contributed by atoms with E-state index in [1.807, 2.05) is 62.4 Å². The van der Waals surface area contributed by atoms with Gasteiger partial charge in [-0.3, -0.25) is 0 Å². The third kappa shape index (κ3) is 30.6. The molecule has 3 nitrogen and oxygen atoms in total. The summed E-state index contributed by atoms with van der Waals surface area (Å²) in [6, 6.07) is 130. The van der Waals surface area contributed by atoms with Gasteiger partial charge in [0.2, 0.25) is 9.84 Å². The van der Waals surface area contributed by atoms with Gasteiger partial charge in [-0.2, -0.15) is 0 Å². The lowest BCUT2D eigenvalue weighted by atomic mass is 9.78. The van der Waals surface area contributed by atoms with Crippen molar-refractivity contribution < 1.29 is 13.2 Å². The molecule has 0 saturated carbocycles. The Morgan fingerprint density at radius 1 is 0.236 bits per heavy atom. The molecule has 0 saturated heterocycles. The van der Waals surface area contributed by atoms with Crippen LogP contribution in [0.2, 0.25) is 0 Å². The predicted molar refractivity (Wildman–Crippen MR) is 533 cm³/mol. The summed E-state index contributed by atoms with van der Waals surface area (Å²) < 4.78 is 30.2. The van der Waals surface area contributed by atoms with Crippen molar-refractivity contribution >= 4 is 53.9 Å². The Labute approximate surface area is 741 Å². The molecular formula is C118H124O3S2. The molecular weight excluding hydrogens is 1530 g/mol. The highest BCUT2D eigenvalue weighted by molar-refractivity contribution is 7.99. The van der Waals surface area contributed by atoms with Crippen LogP contribution in [0.25, 0.3) is 32.3 Å². The summed E-state index contributed by atoms with van der Waals surface area (Å²) in [6.07, 6.45) is 1.03. The van der Waals surface area contributed by atoms with Crippen molar-refractivity contribution in [1.82, 2.24) is 0 Å². The van der Waals surface area contributed by atoms with Gasteiger partial charge in [0, 0.05) is 15.2 Å². The molecule has 0 fully saturated rings. The average Bonchev–Trinajstić information content (AvgIpc) is 0.824. The summed E-state index contributed by atoms with van der Waals surface area (Å²) in [5.74, 6) is 1.76. The van der Waals surface area contributed by atoms with Gasteiger partial charge in [-0.1, -0.05) is 407 Å². The zero-order valence-corrected chi connectivity index (χ0v) is 77.7. The zero-order valence-electron chi connectivity index (χ0n) is 76.0. The van der Waals surface area contributed by atoms with Crippen molar-refractivity contribution in [3.05, 3.63) is 499 Å². The quantitative estimate of drug-likeness (QED) is 0.137. The fourth-order valence-corrected chi connectivity index (χ4v) is 15.4. The minimum Gasteiger partial charge on any atom is -0.457 e. The molecule has 5 heteroatoms. The molecule has 0 bridgehead atoms. The van der Waals surface area contributed by atoms with Crippen LogP contribution in [0, 0.1) is 125 Å². The van der Waals surface area contributed by atoms with Gasteiger partial charge in [0.15, 0.2) is 0 Å². The SMILES string of the molecule is Cc1ccc(C(C)(C)c2ccc(C)cc2)cc1.Cc1ccc(C)c2ccccc12.Cc1ccc(C)cc1.Cc1ccc(Cc2ccc(C)cc2)cc1.Cc1ccc(Oc2ccc(C)cc2)cc1.Cc1ccc(S(=O)(=O)c2ccc(C)cc2)cc1.Cc1ccc(Sc2ccc(C)cc2)cc1.Cc1ccc2ccc(C)cc2c1.Cc1cccc2c(C)cccc12. The van der Waals surface area contributed by atoms with Gasteiger partial charge < -0.3 is 4.74 Å². The molecule has 17 aromatic carbocycles. The number of sulfone groups is 1. The second-order valence-electron chi connectivity index (χ2n) is 33.1. The number of aryl methyl sites for hydroxylation is 18. The van der Waals surface area contributed by atoms with Crippen LogP contribution in [0.4, 0.5) is 0 Å². The summed E-state index contributed by atoms with van der Waals surface area (Å²) in [5.41, 5.74) is 28.8. The molecule has 626 valence electrons.